The molecule has 0 heterocycles. The molecular weight excluding hydrogens is 260 g/mol. The molecule has 0 aliphatic rings. The summed E-state index contributed by atoms with van der Waals surface area (Å²) in [6, 6.07) is 5.82. The maximum absolute atomic E-state index is 5.26. The van der Waals surface area contributed by atoms with Gasteiger partial charge < -0.3 is 20.1 Å². The highest BCUT2D eigenvalue weighted by molar-refractivity contribution is 7.80. The summed E-state index contributed by atoms with van der Waals surface area (Å²) < 4.78 is 10.5. The Labute approximate surface area is 120 Å². The van der Waals surface area contributed by atoms with E-state index in [1.54, 1.807) is 14.2 Å². The highest BCUT2D eigenvalue weighted by atomic mass is 32.1. The fourth-order valence-corrected chi connectivity index (χ4v) is 1.69. The lowest BCUT2D eigenvalue weighted by Gasteiger charge is -2.13. The minimum Gasteiger partial charge on any atom is -0.493 e. The van der Waals surface area contributed by atoms with Gasteiger partial charge in [-0.1, -0.05) is 19.9 Å². The fourth-order valence-electron chi connectivity index (χ4n) is 1.53. The molecule has 19 heavy (non-hydrogen) atoms. The molecule has 0 aromatic heterocycles. The van der Waals surface area contributed by atoms with Crippen LogP contribution in [0, 0.1) is 5.92 Å². The topological polar surface area (TPSA) is 42.5 Å². The summed E-state index contributed by atoms with van der Waals surface area (Å²) >= 11 is 5.20. The van der Waals surface area contributed by atoms with Crippen molar-refractivity contribution in [1.82, 2.24) is 10.6 Å². The van der Waals surface area contributed by atoms with Gasteiger partial charge in [-0.15, -0.1) is 0 Å². The van der Waals surface area contributed by atoms with Gasteiger partial charge in [0.1, 0.15) is 0 Å². The van der Waals surface area contributed by atoms with E-state index in [1.165, 1.54) is 0 Å². The first-order valence-corrected chi connectivity index (χ1v) is 6.70. The monoisotopic (exact) mass is 282 g/mol. The third kappa shape index (κ3) is 5.34. The Balaban J connectivity index is 2.51. The summed E-state index contributed by atoms with van der Waals surface area (Å²) in [5.74, 6) is 2.02. The van der Waals surface area contributed by atoms with E-state index in [1.807, 2.05) is 18.2 Å². The molecule has 0 radical (unpaired) electrons. The zero-order chi connectivity index (χ0) is 14.3. The molecule has 0 aliphatic carbocycles. The van der Waals surface area contributed by atoms with Gasteiger partial charge in [-0.2, -0.15) is 0 Å². The maximum Gasteiger partial charge on any atom is 0.166 e. The van der Waals surface area contributed by atoms with E-state index in [-0.39, 0.29) is 0 Å². The van der Waals surface area contributed by atoms with E-state index in [0.29, 0.717) is 17.6 Å². The molecule has 0 unspecified atom stereocenters. The van der Waals surface area contributed by atoms with Crippen LogP contribution in [0.5, 0.6) is 11.5 Å². The summed E-state index contributed by atoms with van der Waals surface area (Å²) in [6.07, 6.45) is 0. The first-order valence-electron chi connectivity index (χ1n) is 6.29. The average Bonchev–Trinajstić information content (AvgIpc) is 2.42. The predicted octanol–water partition coefficient (Wildman–Crippen LogP) is 2.32. The molecule has 1 aromatic rings. The van der Waals surface area contributed by atoms with Crippen LogP contribution in [0.2, 0.25) is 0 Å². The van der Waals surface area contributed by atoms with Crippen LogP contribution in [0.1, 0.15) is 19.4 Å². The van der Waals surface area contributed by atoms with Gasteiger partial charge in [0, 0.05) is 13.1 Å². The number of benzene rings is 1. The molecule has 1 rings (SSSR count). The minimum absolute atomic E-state index is 0.570. The molecule has 4 nitrogen and oxygen atoms in total. The van der Waals surface area contributed by atoms with Gasteiger partial charge in [0.05, 0.1) is 14.2 Å². The normalized spacial score (nSPS) is 10.2. The zero-order valence-corrected chi connectivity index (χ0v) is 12.8. The second kappa shape index (κ2) is 7.84. The van der Waals surface area contributed by atoms with Gasteiger partial charge in [-0.3, -0.25) is 0 Å². The number of thiocarbonyl (C=S) groups is 1. The van der Waals surface area contributed by atoms with Crippen LogP contribution in [0.15, 0.2) is 18.2 Å². The maximum atomic E-state index is 5.26. The summed E-state index contributed by atoms with van der Waals surface area (Å²) in [7, 11) is 3.25. The van der Waals surface area contributed by atoms with Crippen molar-refractivity contribution in [2.24, 2.45) is 5.92 Å². The molecule has 0 spiro atoms. The van der Waals surface area contributed by atoms with E-state index in [4.69, 9.17) is 21.7 Å². The minimum atomic E-state index is 0.570. The van der Waals surface area contributed by atoms with E-state index in [0.717, 1.165) is 23.6 Å². The van der Waals surface area contributed by atoms with E-state index < -0.39 is 0 Å². The Morgan fingerprint density at radius 1 is 1.16 bits per heavy atom. The third-order valence-electron chi connectivity index (χ3n) is 2.57. The van der Waals surface area contributed by atoms with E-state index in [2.05, 4.69) is 24.5 Å². The first kappa shape index (κ1) is 15.6. The predicted molar refractivity (Wildman–Crippen MR) is 81.8 cm³/mol. The average molecular weight is 282 g/mol. The molecular formula is C14H22N2O2S. The lowest BCUT2D eigenvalue weighted by molar-refractivity contribution is 0.354. The van der Waals surface area contributed by atoms with Crippen molar-refractivity contribution >= 4 is 17.3 Å². The molecule has 106 valence electrons. The molecule has 0 bridgehead atoms. The first-order chi connectivity index (χ1) is 9.06. The molecule has 0 fully saturated rings. The summed E-state index contributed by atoms with van der Waals surface area (Å²) in [4.78, 5) is 0. The Kier molecular flexibility index (Phi) is 6.42. The Hall–Kier alpha value is -1.49. The van der Waals surface area contributed by atoms with Crippen molar-refractivity contribution in [1.29, 1.82) is 0 Å². The molecule has 2 N–H and O–H groups in total. The van der Waals surface area contributed by atoms with Crippen LogP contribution in [0.3, 0.4) is 0 Å². The highest BCUT2D eigenvalue weighted by Gasteiger charge is 2.05. The van der Waals surface area contributed by atoms with E-state index >= 15 is 0 Å². The SMILES string of the molecule is COc1ccc(CNC(=S)NCC(C)C)cc1OC. The van der Waals surface area contributed by atoms with Gasteiger partial charge in [-0.25, -0.2) is 0 Å². The summed E-state index contributed by atoms with van der Waals surface area (Å²) in [5, 5.41) is 7.00. The molecule has 0 saturated carbocycles. The third-order valence-corrected chi connectivity index (χ3v) is 2.86. The van der Waals surface area contributed by atoms with Crippen molar-refractivity contribution < 1.29 is 9.47 Å². The van der Waals surface area contributed by atoms with Crippen LogP contribution in [0.4, 0.5) is 0 Å². The molecule has 0 saturated heterocycles. The Morgan fingerprint density at radius 2 is 1.84 bits per heavy atom. The van der Waals surface area contributed by atoms with Gasteiger partial charge in [0.15, 0.2) is 16.6 Å². The van der Waals surface area contributed by atoms with Crippen LogP contribution >= 0.6 is 12.2 Å². The van der Waals surface area contributed by atoms with Crippen LogP contribution < -0.4 is 20.1 Å². The number of hydrogen-bond acceptors (Lipinski definition) is 3. The van der Waals surface area contributed by atoms with Crippen LogP contribution in [0.25, 0.3) is 0 Å². The van der Waals surface area contributed by atoms with Gasteiger partial charge in [0.25, 0.3) is 0 Å². The number of ether oxygens (including phenoxy) is 2. The number of hydrogen-bond donors (Lipinski definition) is 2. The van der Waals surface area contributed by atoms with Crippen molar-refractivity contribution in [2.45, 2.75) is 20.4 Å². The quantitative estimate of drug-likeness (QED) is 0.784. The number of methoxy groups -OCH3 is 2. The largest absolute Gasteiger partial charge is 0.493 e. The Bertz CT molecular complexity index is 422. The summed E-state index contributed by atoms with van der Waals surface area (Å²) in [6.45, 7) is 5.82. The van der Waals surface area contributed by atoms with Crippen molar-refractivity contribution in [3.63, 3.8) is 0 Å². The smallest absolute Gasteiger partial charge is 0.166 e. The van der Waals surface area contributed by atoms with Crippen molar-refractivity contribution in [3.05, 3.63) is 23.8 Å². The molecule has 0 aliphatic heterocycles. The second-order valence-electron chi connectivity index (χ2n) is 4.65. The number of rotatable bonds is 6. The fraction of sp³-hybridized carbons (Fsp3) is 0.500. The van der Waals surface area contributed by atoms with Crippen molar-refractivity contribution in [2.75, 3.05) is 20.8 Å². The summed E-state index contributed by atoms with van der Waals surface area (Å²) in [5.41, 5.74) is 1.09. The molecule has 0 atom stereocenters. The number of nitrogens with one attached hydrogen (secondary N) is 2. The van der Waals surface area contributed by atoms with Gasteiger partial charge in [-0.05, 0) is 35.8 Å². The molecule has 0 amide bonds. The standard InChI is InChI=1S/C14H22N2O2S/c1-10(2)8-15-14(19)16-9-11-5-6-12(17-3)13(7-11)18-4/h5-7,10H,8-9H2,1-4H3,(H2,15,16,19). The van der Waals surface area contributed by atoms with Crippen LogP contribution in [-0.4, -0.2) is 25.9 Å². The van der Waals surface area contributed by atoms with Crippen LogP contribution in [-0.2, 0) is 6.54 Å². The zero-order valence-electron chi connectivity index (χ0n) is 11.9. The lowest BCUT2D eigenvalue weighted by atomic mass is 10.2. The highest BCUT2D eigenvalue weighted by Crippen LogP contribution is 2.27. The van der Waals surface area contributed by atoms with Gasteiger partial charge in [0.2, 0.25) is 0 Å². The lowest BCUT2D eigenvalue weighted by Crippen LogP contribution is -2.36. The van der Waals surface area contributed by atoms with Gasteiger partial charge >= 0.3 is 0 Å². The van der Waals surface area contributed by atoms with Crippen molar-refractivity contribution in [3.8, 4) is 11.5 Å². The molecule has 5 heteroatoms. The second-order valence-corrected chi connectivity index (χ2v) is 5.06. The van der Waals surface area contributed by atoms with E-state index in [9.17, 15) is 0 Å². The Morgan fingerprint density at radius 3 is 2.42 bits per heavy atom. The molecule has 1 aromatic carbocycles.